The fourth-order valence-corrected chi connectivity index (χ4v) is 2.84. The zero-order chi connectivity index (χ0) is 21.5. The highest BCUT2D eigenvalue weighted by Gasteiger charge is 2.20. The number of aryl methyl sites for hydroxylation is 1. The molecule has 2 aromatic carbocycles. The van der Waals surface area contributed by atoms with Crippen LogP contribution in [0, 0.1) is 5.82 Å². The second-order valence-electron chi connectivity index (χ2n) is 6.88. The number of aldehydes is 1. The second kappa shape index (κ2) is 9.87. The highest BCUT2D eigenvalue weighted by atomic mass is 19.1. The fourth-order valence-electron chi connectivity index (χ4n) is 2.84. The maximum absolute atomic E-state index is 14.5. The Labute approximate surface area is 174 Å². The molecule has 3 rings (SSSR count). The van der Waals surface area contributed by atoms with Gasteiger partial charge in [-0.15, -0.1) is 5.10 Å². The molecular weight excluding hydrogens is 389 g/mol. The van der Waals surface area contributed by atoms with Crippen LogP contribution in [0.5, 0.6) is 17.4 Å². The van der Waals surface area contributed by atoms with E-state index in [1.54, 1.807) is 0 Å². The molecule has 158 valence electrons. The highest BCUT2D eigenvalue weighted by molar-refractivity contribution is 5.50. The van der Waals surface area contributed by atoms with Crippen molar-refractivity contribution in [3.63, 3.8) is 0 Å². The van der Waals surface area contributed by atoms with E-state index in [9.17, 15) is 9.18 Å². The third-order valence-electron chi connectivity index (χ3n) is 4.25. The normalized spacial score (nSPS) is 10.8. The minimum absolute atomic E-state index is 0.0881. The molecule has 0 saturated carbocycles. The lowest BCUT2D eigenvalue weighted by Crippen LogP contribution is -2.12. The predicted molar refractivity (Wildman–Crippen MR) is 109 cm³/mol. The van der Waals surface area contributed by atoms with Gasteiger partial charge in [-0.2, -0.15) is 4.68 Å². The molecule has 0 aliphatic heterocycles. The topological polar surface area (TPSA) is 75.5 Å². The van der Waals surface area contributed by atoms with Gasteiger partial charge in [-0.25, -0.2) is 4.39 Å². The molecule has 0 aliphatic carbocycles. The van der Waals surface area contributed by atoms with E-state index >= 15 is 0 Å². The van der Waals surface area contributed by atoms with Gasteiger partial charge in [0.25, 0.3) is 0 Å². The van der Waals surface area contributed by atoms with Crippen LogP contribution in [0.2, 0.25) is 0 Å². The van der Waals surface area contributed by atoms with E-state index in [1.165, 1.54) is 30.0 Å². The molecule has 30 heavy (non-hydrogen) atoms. The lowest BCUT2D eigenvalue weighted by Gasteiger charge is -2.14. The van der Waals surface area contributed by atoms with Crippen molar-refractivity contribution >= 4 is 6.29 Å². The van der Waals surface area contributed by atoms with E-state index in [4.69, 9.17) is 14.2 Å². The SMILES string of the molecule is COc1ccc(F)c(-n2nnc(COc3cccc(CCC=O)c3)c2OC(C)C)c1. The Morgan fingerprint density at radius 1 is 1.17 bits per heavy atom. The molecule has 7 nitrogen and oxygen atoms in total. The molecule has 0 aliphatic rings. The van der Waals surface area contributed by atoms with Crippen LogP contribution in [0.1, 0.15) is 31.5 Å². The van der Waals surface area contributed by atoms with E-state index in [2.05, 4.69) is 10.3 Å². The van der Waals surface area contributed by atoms with Crippen molar-refractivity contribution in [2.45, 2.75) is 39.4 Å². The van der Waals surface area contributed by atoms with Gasteiger partial charge in [0.1, 0.15) is 35.9 Å². The first kappa shape index (κ1) is 21.3. The van der Waals surface area contributed by atoms with Crippen LogP contribution in [-0.2, 0) is 17.8 Å². The number of carbonyl (C=O) groups is 1. The molecule has 0 saturated heterocycles. The van der Waals surface area contributed by atoms with Crippen LogP contribution in [0.3, 0.4) is 0 Å². The molecule has 0 radical (unpaired) electrons. The van der Waals surface area contributed by atoms with Crippen molar-refractivity contribution in [2.24, 2.45) is 0 Å². The van der Waals surface area contributed by atoms with E-state index < -0.39 is 5.82 Å². The third-order valence-corrected chi connectivity index (χ3v) is 4.25. The second-order valence-corrected chi connectivity index (χ2v) is 6.88. The lowest BCUT2D eigenvalue weighted by atomic mass is 10.1. The first-order valence-corrected chi connectivity index (χ1v) is 9.62. The molecule has 3 aromatic rings. The Hall–Kier alpha value is -3.42. The average molecular weight is 413 g/mol. The van der Waals surface area contributed by atoms with Gasteiger partial charge in [0.2, 0.25) is 5.88 Å². The van der Waals surface area contributed by atoms with Crippen molar-refractivity contribution in [2.75, 3.05) is 7.11 Å². The van der Waals surface area contributed by atoms with Crippen LogP contribution in [0.15, 0.2) is 42.5 Å². The summed E-state index contributed by atoms with van der Waals surface area (Å²) in [6, 6.07) is 11.8. The van der Waals surface area contributed by atoms with Crippen molar-refractivity contribution in [3.8, 4) is 23.1 Å². The molecule has 0 bridgehead atoms. The van der Waals surface area contributed by atoms with Gasteiger partial charge in [0.05, 0.1) is 13.2 Å². The summed E-state index contributed by atoms with van der Waals surface area (Å²) in [7, 11) is 1.51. The number of carbonyl (C=O) groups excluding carboxylic acids is 1. The summed E-state index contributed by atoms with van der Waals surface area (Å²) in [5.41, 5.74) is 1.60. The summed E-state index contributed by atoms with van der Waals surface area (Å²) < 4.78 is 32.7. The minimum atomic E-state index is -0.482. The number of methoxy groups -OCH3 is 1. The summed E-state index contributed by atoms with van der Waals surface area (Å²) in [4.78, 5) is 10.6. The van der Waals surface area contributed by atoms with Crippen LogP contribution in [-0.4, -0.2) is 34.5 Å². The summed E-state index contributed by atoms with van der Waals surface area (Å²) in [5.74, 6) is 0.942. The molecule has 0 spiro atoms. The zero-order valence-corrected chi connectivity index (χ0v) is 17.2. The van der Waals surface area contributed by atoms with E-state index in [1.807, 2.05) is 38.1 Å². The Kier molecular flexibility index (Phi) is 7.00. The Morgan fingerprint density at radius 2 is 2.00 bits per heavy atom. The Balaban J connectivity index is 1.86. The highest BCUT2D eigenvalue weighted by Crippen LogP contribution is 2.27. The molecule has 0 atom stereocenters. The Morgan fingerprint density at radius 3 is 2.73 bits per heavy atom. The molecule has 0 unspecified atom stereocenters. The molecule has 0 N–H and O–H groups in total. The lowest BCUT2D eigenvalue weighted by molar-refractivity contribution is -0.107. The Bertz CT molecular complexity index is 1000. The van der Waals surface area contributed by atoms with Crippen molar-refractivity contribution in [3.05, 3.63) is 59.5 Å². The molecule has 8 heteroatoms. The van der Waals surface area contributed by atoms with Crippen LogP contribution >= 0.6 is 0 Å². The van der Waals surface area contributed by atoms with Crippen LogP contribution < -0.4 is 14.2 Å². The van der Waals surface area contributed by atoms with Crippen molar-refractivity contribution in [1.29, 1.82) is 0 Å². The first-order chi connectivity index (χ1) is 14.5. The number of aromatic nitrogens is 3. The molecule has 1 aromatic heterocycles. The number of rotatable bonds is 10. The first-order valence-electron chi connectivity index (χ1n) is 9.62. The van der Waals surface area contributed by atoms with Gasteiger partial charge < -0.3 is 19.0 Å². The van der Waals surface area contributed by atoms with E-state index in [0.717, 1.165) is 11.8 Å². The van der Waals surface area contributed by atoms with Crippen LogP contribution in [0.4, 0.5) is 4.39 Å². The van der Waals surface area contributed by atoms with Crippen LogP contribution in [0.25, 0.3) is 5.69 Å². The van der Waals surface area contributed by atoms with Gasteiger partial charge >= 0.3 is 0 Å². The standard InChI is InChI=1S/C22H24FN3O4/c1-15(2)30-22-20(14-29-18-8-4-6-16(12-18)7-5-11-27)24-25-26(22)21-13-17(28-3)9-10-19(21)23/h4,6,8-13,15H,5,7,14H2,1-3H3. The van der Waals surface area contributed by atoms with Gasteiger partial charge in [0, 0.05) is 12.5 Å². The monoisotopic (exact) mass is 413 g/mol. The number of ether oxygens (including phenoxy) is 3. The summed E-state index contributed by atoms with van der Waals surface area (Å²) in [6.07, 6.45) is 1.81. The predicted octanol–water partition coefficient (Wildman–Crippen LogP) is 3.91. The van der Waals surface area contributed by atoms with Gasteiger partial charge in [0.15, 0.2) is 5.69 Å². The molecular formula is C22H24FN3O4. The van der Waals surface area contributed by atoms with E-state index in [0.29, 0.717) is 35.9 Å². The number of benzene rings is 2. The smallest absolute Gasteiger partial charge is 0.244 e. The number of hydrogen-bond donors (Lipinski definition) is 0. The van der Waals surface area contributed by atoms with Gasteiger partial charge in [-0.05, 0) is 50.1 Å². The maximum atomic E-state index is 14.5. The number of nitrogens with zero attached hydrogens (tertiary/aromatic N) is 3. The molecule has 0 fully saturated rings. The van der Waals surface area contributed by atoms with Gasteiger partial charge in [-0.3, -0.25) is 0 Å². The largest absolute Gasteiger partial charge is 0.497 e. The third kappa shape index (κ3) is 5.14. The van der Waals surface area contributed by atoms with Crippen molar-refractivity contribution in [1.82, 2.24) is 15.0 Å². The van der Waals surface area contributed by atoms with Crippen molar-refractivity contribution < 1.29 is 23.4 Å². The number of hydrogen-bond acceptors (Lipinski definition) is 6. The fraction of sp³-hybridized carbons (Fsp3) is 0.318. The number of halogens is 1. The summed E-state index contributed by atoms with van der Waals surface area (Å²) in [5, 5.41) is 8.21. The van der Waals surface area contributed by atoms with E-state index in [-0.39, 0.29) is 18.4 Å². The zero-order valence-electron chi connectivity index (χ0n) is 17.2. The summed E-state index contributed by atoms with van der Waals surface area (Å²) >= 11 is 0. The quantitative estimate of drug-likeness (QED) is 0.469. The molecule has 1 heterocycles. The average Bonchev–Trinajstić information content (AvgIpc) is 3.13. The molecule has 0 amide bonds. The maximum Gasteiger partial charge on any atom is 0.244 e. The van der Waals surface area contributed by atoms with Gasteiger partial charge in [-0.1, -0.05) is 17.3 Å². The minimum Gasteiger partial charge on any atom is -0.497 e. The summed E-state index contributed by atoms with van der Waals surface area (Å²) in [6.45, 7) is 3.81.